The highest BCUT2D eigenvalue weighted by molar-refractivity contribution is 6.04. The number of likely N-dealkylation sites (tertiary alicyclic amines) is 2. The van der Waals surface area contributed by atoms with E-state index in [0.717, 1.165) is 53.5 Å². The number of carbonyl (C=O) groups excluding carboxylic acids is 3. The van der Waals surface area contributed by atoms with Crippen LogP contribution in [0.5, 0.6) is 0 Å². The molecule has 2 aliphatic heterocycles. The number of fused-ring (bicyclic) bond motifs is 1. The molecule has 2 amide bonds. The summed E-state index contributed by atoms with van der Waals surface area (Å²) >= 11 is 0. The van der Waals surface area contributed by atoms with E-state index in [1.165, 1.54) is 43.6 Å². The monoisotopic (exact) mass is 585 g/mol. The van der Waals surface area contributed by atoms with Gasteiger partial charge in [0.25, 0.3) is 0 Å². The van der Waals surface area contributed by atoms with Crippen molar-refractivity contribution in [2.45, 2.75) is 90.9 Å². The molecule has 5 rings (SSSR count). The number of benzene rings is 2. The van der Waals surface area contributed by atoms with E-state index in [4.69, 9.17) is 5.73 Å². The van der Waals surface area contributed by atoms with E-state index in [-0.39, 0.29) is 18.2 Å². The lowest BCUT2D eigenvalue weighted by atomic mass is 9.77. The fraction of sp³-hybridized carbons (Fsp3) is 0.514. The Morgan fingerprint density at radius 2 is 1.60 bits per heavy atom. The smallest absolute Gasteiger partial charge is 0.249 e. The van der Waals surface area contributed by atoms with Gasteiger partial charge in [0, 0.05) is 48.7 Å². The maximum atomic E-state index is 14.8. The van der Waals surface area contributed by atoms with Crippen LogP contribution in [-0.2, 0) is 26.5 Å². The Hall–Kier alpha value is -3.33. The number of aromatic amines is 1. The van der Waals surface area contributed by atoms with Gasteiger partial charge in [-0.2, -0.15) is 0 Å². The molecule has 2 aromatic carbocycles. The number of aromatic nitrogens is 1. The van der Waals surface area contributed by atoms with E-state index in [1.54, 1.807) is 6.20 Å². The molecular weight excluding hydrogens is 538 g/mol. The molecule has 2 saturated heterocycles. The third-order valence-electron chi connectivity index (χ3n) is 10.0. The largest absolute Gasteiger partial charge is 0.361 e. The van der Waals surface area contributed by atoms with Gasteiger partial charge >= 0.3 is 0 Å². The molecule has 2 unspecified atom stereocenters. The summed E-state index contributed by atoms with van der Waals surface area (Å²) in [6.45, 7) is 12.6. The Kier molecular flexibility index (Phi) is 9.20. The van der Waals surface area contributed by atoms with Crippen LogP contribution < -0.4 is 5.73 Å². The Morgan fingerprint density at radius 1 is 0.977 bits per heavy atom. The average molecular weight is 586 g/mol. The van der Waals surface area contributed by atoms with Gasteiger partial charge in [-0.1, -0.05) is 36.8 Å². The summed E-state index contributed by atoms with van der Waals surface area (Å²) < 4.78 is 0. The first kappa shape index (κ1) is 31.1. The fourth-order valence-corrected chi connectivity index (χ4v) is 7.27. The lowest BCUT2D eigenvalue weighted by molar-refractivity contribution is -0.153. The predicted octanol–water partition coefficient (Wildman–Crippen LogP) is 4.73. The second-order valence-corrected chi connectivity index (χ2v) is 12.7. The van der Waals surface area contributed by atoms with Gasteiger partial charge in [-0.3, -0.25) is 24.2 Å². The molecule has 2 atom stereocenters. The minimum atomic E-state index is -1.67. The van der Waals surface area contributed by atoms with Crippen molar-refractivity contribution in [3.05, 3.63) is 70.4 Å². The van der Waals surface area contributed by atoms with Gasteiger partial charge in [-0.15, -0.1) is 0 Å². The Bertz CT molecular complexity index is 1480. The zero-order valence-corrected chi connectivity index (χ0v) is 26.4. The van der Waals surface area contributed by atoms with E-state index in [1.807, 2.05) is 50.2 Å². The van der Waals surface area contributed by atoms with Crippen molar-refractivity contribution in [1.82, 2.24) is 19.7 Å². The lowest BCUT2D eigenvalue weighted by Gasteiger charge is -2.47. The van der Waals surface area contributed by atoms with E-state index in [9.17, 15) is 14.4 Å². The number of nitrogens with two attached hydrogens (primary N) is 1. The van der Waals surface area contributed by atoms with Crippen LogP contribution in [0.25, 0.3) is 10.9 Å². The number of carbonyl (C=O) groups is 3. The van der Waals surface area contributed by atoms with Crippen molar-refractivity contribution in [3.8, 4) is 0 Å². The Labute approximate surface area is 255 Å². The molecule has 3 N–H and O–H groups in total. The predicted molar refractivity (Wildman–Crippen MR) is 171 cm³/mol. The summed E-state index contributed by atoms with van der Waals surface area (Å²) in [5, 5.41) is 0.806. The molecule has 43 heavy (non-hydrogen) atoms. The van der Waals surface area contributed by atoms with Gasteiger partial charge in [0.15, 0.2) is 5.78 Å². The molecule has 0 bridgehead atoms. The average Bonchev–Trinajstić information content (AvgIpc) is 3.44. The number of imide groups is 1. The normalized spacial score (nSPS) is 19.2. The van der Waals surface area contributed by atoms with Gasteiger partial charge in [0.05, 0.1) is 6.54 Å². The number of aryl methyl sites for hydroxylation is 2. The van der Waals surface area contributed by atoms with Gasteiger partial charge in [0.2, 0.25) is 11.8 Å². The Morgan fingerprint density at radius 3 is 2.21 bits per heavy atom. The number of hydrogen-bond donors (Lipinski definition) is 2. The number of nitrogens with one attached hydrogen (secondary N) is 1. The van der Waals surface area contributed by atoms with Crippen molar-refractivity contribution in [3.63, 3.8) is 0 Å². The summed E-state index contributed by atoms with van der Waals surface area (Å²) in [4.78, 5) is 51.0. The van der Waals surface area contributed by atoms with Crippen molar-refractivity contribution in [2.24, 2.45) is 5.73 Å². The van der Waals surface area contributed by atoms with Gasteiger partial charge < -0.3 is 15.6 Å². The molecule has 2 aliphatic rings. The molecule has 230 valence electrons. The molecule has 0 spiro atoms. The first-order chi connectivity index (χ1) is 20.5. The molecule has 3 aromatic rings. The summed E-state index contributed by atoms with van der Waals surface area (Å²) in [6.07, 6.45) is 7.28. The molecular formula is C35H47N5O3. The number of rotatable bonds is 8. The van der Waals surface area contributed by atoms with Crippen LogP contribution in [0.3, 0.4) is 0 Å². The summed E-state index contributed by atoms with van der Waals surface area (Å²) in [5.74, 6) is -1.10. The van der Waals surface area contributed by atoms with E-state index >= 15 is 0 Å². The van der Waals surface area contributed by atoms with E-state index in [0.29, 0.717) is 24.7 Å². The van der Waals surface area contributed by atoms with Crippen LogP contribution in [0.2, 0.25) is 0 Å². The number of Topliss-reactive ketones (excluding diaryl/α,β-unsaturated/α-hetero) is 1. The molecule has 0 aliphatic carbocycles. The van der Waals surface area contributed by atoms with Crippen LogP contribution in [0, 0.1) is 20.8 Å². The van der Waals surface area contributed by atoms with Gasteiger partial charge in [-0.25, -0.2) is 0 Å². The fourth-order valence-electron chi connectivity index (χ4n) is 7.27. The summed E-state index contributed by atoms with van der Waals surface area (Å²) in [6, 6.07) is 11.2. The maximum Gasteiger partial charge on any atom is 0.249 e. The summed E-state index contributed by atoms with van der Waals surface area (Å²) in [5.41, 5.74) is 11.3. The quantitative estimate of drug-likeness (QED) is 0.396. The van der Waals surface area contributed by atoms with Gasteiger partial charge in [0.1, 0.15) is 11.6 Å². The maximum absolute atomic E-state index is 14.8. The standard InChI is InChI=1S/C35H47N5O3/c1-23-19-28(20-24(2)25(23)3)22-40(27(5)42)34(43)33(39-17-13-29(14-18-39)38-15-9-6-10-16-38)35(36,26(4)41)31-21-37-32-12-8-7-11-30(31)32/h7-8,11-12,19-21,29,33,37H,6,9-10,13-18,22,36H2,1-5H3. The van der Waals surface area contributed by atoms with Crippen LogP contribution >= 0.6 is 0 Å². The van der Waals surface area contributed by atoms with E-state index in [2.05, 4.69) is 21.7 Å². The minimum absolute atomic E-state index is 0.124. The molecule has 8 nitrogen and oxygen atoms in total. The number of amides is 2. The number of H-pyrrole nitrogens is 1. The molecule has 8 heteroatoms. The minimum Gasteiger partial charge on any atom is -0.361 e. The molecule has 1 aromatic heterocycles. The Balaban J connectivity index is 1.55. The summed E-state index contributed by atoms with van der Waals surface area (Å²) in [7, 11) is 0. The molecule has 2 fully saturated rings. The molecule has 0 saturated carbocycles. The highest BCUT2D eigenvalue weighted by Gasteiger charge is 2.52. The lowest BCUT2D eigenvalue weighted by Crippen LogP contribution is -2.67. The first-order valence-corrected chi connectivity index (χ1v) is 15.8. The number of hydrogen-bond acceptors (Lipinski definition) is 6. The van der Waals surface area contributed by atoms with Crippen molar-refractivity contribution < 1.29 is 14.4 Å². The highest BCUT2D eigenvalue weighted by Crippen LogP contribution is 2.36. The number of nitrogens with zero attached hydrogens (tertiary/aromatic N) is 3. The number of ketones is 1. The van der Waals surface area contributed by atoms with Gasteiger partial charge in [-0.05, 0) is 94.8 Å². The van der Waals surface area contributed by atoms with Crippen molar-refractivity contribution >= 4 is 28.5 Å². The zero-order chi connectivity index (χ0) is 30.9. The number of para-hydroxylation sites is 1. The third-order valence-corrected chi connectivity index (χ3v) is 10.0. The van der Waals surface area contributed by atoms with Crippen LogP contribution in [0.1, 0.15) is 73.8 Å². The second kappa shape index (κ2) is 12.7. The van der Waals surface area contributed by atoms with Crippen LogP contribution in [0.15, 0.2) is 42.6 Å². The van der Waals surface area contributed by atoms with Crippen LogP contribution in [-0.4, -0.2) is 75.5 Å². The molecule has 0 radical (unpaired) electrons. The molecule has 3 heterocycles. The third kappa shape index (κ3) is 6.06. The topological polar surface area (TPSA) is 103 Å². The SMILES string of the molecule is CC(=O)N(Cc1cc(C)c(C)c(C)c1)C(=O)C(N1CCC(N2CCCCC2)CC1)C(N)(C(C)=O)c1c[nH]c2ccccc12. The first-order valence-electron chi connectivity index (χ1n) is 15.8. The number of piperidine rings is 2. The second-order valence-electron chi connectivity index (χ2n) is 12.7. The highest BCUT2D eigenvalue weighted by atomic mass is 16.2. The van der Waals surface area contributed by atoms with Crippen LogP contribution in [0.4, 0.5) is 0 Å². The van der Waals surface area contributed by atoms with Crippen molar-refractivity contribution in [2.75, 3.05) is 26.2 Å². The van der Waals surface area contributed by atoms with E-state index < -0.39 is 17.5 Å². The zero-order valence-electron chi connectivity index (χ0n) is 26.4. The van der Waals surface area contributed by atoms with Crippen molar-refractivity contribution in [1.29, 1.82) is 0 Å².